The second-order valence-electron chi connectivity index (χ2n) is 7.67. The number of nitrogens with one attached hydrogen (secondary N) is 2. The molecule has 33 heavy (non-hydrogen) atoms. The van der Waals surface area contributed by atoms with Gasteiger partial charge in [0.2, 0.25) is 5.95 Å². The molecule has 0 radical (unpaired) electrons. The van der Waals surface area contributed by atoms with Gasteiger partial charge >= 0.3 is 0 Å². The van der Waals surface area contributed by atoms with Gasteiger partial charge in [0.1, 0.15) is 22.5 Å². The number of nitrogens with zero attached hydrogens (tertiary/aromatic N) is 5. The van der Waals surface area contributed by atoms with E-state index in [1.165, 1.54) is 17.0 Å². The maximum Gasteiger partial charge on any atom is 0.269 e. The van der Waals surface area contributed by atoms with Crippen molar-refractivity contribution in [3.63, 3.8) is 0 Å². The average Bonchev–Trinajstić information content (AvgIpc) is 3.26. The molecule has 3 heterocycles. The number of nitrogens with two attached hydrogens (primary N) is 1. The molecule has 5 aromatic rings. The van der Waals surface area contributed by atoms with Crippen LogP contribution in [0.5, 0.6) is 0 Å². The third-order valence-electron chi connectivity index (χ3n) is 5.56. The Morgan fingerprint density at radius 2 is 1.97 bits per heavy atom. The van der Waals surface area contributed by atoms with Crippen molar-refractivity contribution < 1.29 is 4.39 Å². The van der Waals surface area contributed by atoms with Gasteiger partial charge in [-0.2, -0.15) is 9.97 Å². The molecule has 0 amide bonds. The van der Waals surface area contributed by atoms with E-state index in [0.717, 1.165) is 5.56 Å². The summed E-state index contributed by atoms with van der Waals surface area (Å²) in [6, 6.07) is 11.4. The normalized spacial score (nSPS) is 12.3. The van der Waals surface area contributed by atoms with E-state index in [2.05, 4.69) is 25.3 Å². The molecule has 0 bridgehead atoms. The van der Waals surface area contributed by atoms with E-state index in [0.29, 0.717) is 34.9 Å². The number of halogens is 1. The predicted molar refractivity (Wildman–Crippen MR) is 125 cm³/mol. The number of benzene rings is 2. The number of aryl methyl sites for hydroxylation is 1. The minimum Gasteiger partial charge on any atom is -0.368 e. The fraction of sp³-hybridized carbons (Fsp3) is 0.174. The maximum absolute atomic E-state index is 14.7. The molecule has 0 aliphatic rings. The van der Waals surface area contributed by atoms with Crippen molar-refractivity contribution >= 4 is 33.8 Å². The summed E-state index contributed by atoms with van der Waals surface area (Å²) in [6.07, 6.45) is 2.06. The van der Waals surface area contributed by atoms with E-state index in [1.54, 1.807) is 12.1 Å². The predicted octanol–water partition coefficient (Wildman–Crippen LogP) is 3.64. The average molecular weight is 444 g/mol. The van der Waals surface area contributed by atoms with E-state index < -0.39 is 17.4 Å². The molecular formula is C23H21FN8O. The summed E-state index contributed by atoms with van der Waals surface area (Å²) >= 11 is 0. The number of anilines is 2. The van der Waals surface area contributed by atoms with Gasteiger partial charge in [0.05, 0.1) is 23.6 Å². The molecule has 5 rings (SSSR count). The van der Waals surface area contributed by atoms with Gasteiger partial charge in [0, 0.05) is 0 Å². The third kappa shape index (κ3) is 3.45. The van der Waals surface area contributed by atoms with Crippen molar-refractivity contribution in [1.82, 2.24) is 29.5 Å². The molecule has 0 aliphatic carbocycles. The number of aromatic nitrogens is 6. The molecule has 2 aromatic carbocycles. The summed E-state index contributed by atoms with van der Waals surface area (Å²) in [6.45, 7) is 3.85. The van der Waals surface area contributed by atoms with Gasteiger partial charge in [0.15, 0.2) is 11.5 Å². The van der Waals surface area contributed by atoms with Gasteiger partial charge in [-0.1, -0.05) is 31.2 Å². The largest absolute Gasteiger partial charge is 0.368 e. The number of imidazole rings is 1. The van der Waals surface area contributed by atoms with Gasteiger partial charge in [-0.05, 0) is 37.1 Å². The smallest absolute Gasteiger partial charge is 0.269 e. The lowest BCUT2D eigenvalue weighted by Gasteiger charge is -2.23. The van der Waals surface area contributed by atoms with Crippen molar-refractivity contribution in [2.24, 2.45) is 0 Å². The molecule has 0 saturated heterocycles. The van der Waals surface area contributed by atoms with Crippen molar-refractivity contribution in [2.75, 3.05) is 11.1 Å². The quantitative estimate of drug-likeness (QED) is 0.378. The van der Waals surface area contributed by atoms with Crippen molar-refractivity contribution in [3.8, 4) is 5.69 Å². The number of nitrogen functional groups attached to an aromatic ring is 1. The molecule has 166 valence electrons. The SMILES string of the molecule is CC[C@H](Nc1nc(N)nc2[nH]cnc12)c1nc2cccc(F)c2c(=O)n1-c1ccccc1C. The standard InChI is InChI=1S/C23H21FN8O/c1-3-14(28-20-18-19(27-11-26-18)30-23(25)31-20)21-29-15-9-6-8-13(24)17(15)22(33)32(21)16-10-5-4-7-12(16)2/h4-11,14H,3H2,1-2H3,(H4,25,26,27,28,30,31)/t14-/m0/s1. The Kier molecular flexibility index (Phi) is 4.97. The maximum atomic E-state index is 14.7. The fourth-order valence-electron chi connectivity index (χ4n) is 3.96. The van der Waals surface area contributed by atoms with Crippen LogP contribution in [-0.4, -0.2) is 29.5 Å². The summed E-state index contributed by atoms with van der Waals surface area (Å²) in [7, 11) is 0. The Labute approximate surface area is 187 Å². The molecular weight excluding hydrogens is 423 g/mol. The van der Waals surface area contributed by atoms with Crippen molar-refractivity contribution in [2.45, 2.75) is 26.3 Å². The Morgan fingerprint density at radius 3 is 2.76 bits per heavy atom. The second kappa shape index (κ2) is 7.97. The zero-order valence-corrected chi connectivity index (χ0v) is 18.0. The molecule has 0 fully saturated rings. The lowest BCUT2D eigenvalue weighted by molar-refractivity contribution is 0.630. The van der Waals surface area contributed by atoms with Crippen LogP contribution >= 0.6 is 0 Å². The van der Waals surface area contributed by atoms with Crippen LogP contribution in [0.2, 0.25) is 0 Å². The number of fused-ring (bicyclic) bond motifs is 2. The molecule has 0 aliphatic heterocycles. The first-order chi connectivity index (χ1) is 16.0. The minimum absolute atomic E-state index is 0.0553. The van der Waals surface area contributed by atoms with E-state index in [1.807, 2.05) is 38.1 Å². The van der Waals surface area contributed by atoms with E-state index in [9.17, 15) is 9.18 Å². The van der Waals surface area contributed by atoms with E-state index >= 15 is 0 Å². The lowest BCUT2D eigenvalue weighted by atomic mass is 10.1. The van der Waals surface area contributed by atoms with E-state index in [4.69, 9.17) is 10.7 Å². The molecule has 0 saturated carbocycles. The first kappa shape index (κ1) is 20.6. The first-order valence-corrected chi connectivity index (χ1v) is 10.5. The highest BCUT2D eigenvalue weighted by molar-refractivity contribution is 5.84. The van der Waals surface area contributed by atoms with Gasteiger partial charge in [0.25, 0.3) is 5.56 Å². The summed E-state index contributed by atoms with van der Waals surface area (Å²) in [5, 5.41) is 3.27. The number of aromatic amines is 1. The summed E-state index contributed by atoms with van der Waals surface area (Å²) < 4.78 is 16.1. The summed E-state index contributed by atoms with van der Waals surface area (Å²) in [5.74, 6) is 0.307. The molecule has 9 nitrogen and oxygen atoms in total. The van der Waals surface area contributed by atoms with Crippen molar-refractivity contribution in [3.05, 3.63) is 76.4 Å². The highest BCUT2D eigenvalue weighted by Crippen LogP contribution is 2.28. The Morgan fingerprint density at radius 1 is 1.15 bits per heavy atom. The molecule has 0 unspecified atom stereocenters. The highest BCUT2D eigenvalue weighted by Gasteiger charge is 2.24. The van der Waals surface area contributed by atoms with Crippen LogP contribution in [0.4, 0.5) is 16.2 Å². The topological polar surface area (TPSA) is 127 Å². The Hall–Kier alpha value is -4.34. The Bertz CT molecular complexity index is 1560. The zero-order valence-electron chi connectivity index (χ0n) is 18.0. The number of hydrogen-bond donors (Lipinski definition) is 3. The van der Waals surface area contributed by atoms with Crippen LogP contribution in [0.3, 0.4) is 0 Å². The van der Waals surface area contributed by atoms with Crippen LogP contribution in [0, 0.1) is 12.7 Å². The number of para-hydroxylation sites is 1. The van der Waals surface area contributed by atoms with Crippen LogP contribution in [0.15, 0.2) is 53.6 Å². The zero-order chi connectivity index (χ0) is 23.1. The third-order valence-corrected chi connectivity index (χ3v) is 5.56. The molecule has 3 aromatic heterocycles. The van der Waals surface area contributed by atoms with Crippen LogP contribution < -0.4 is 16.6 Å². The summed E-state index contributed by atoms with van der Waals surface area (Å²) in [4.78, 5) is 34.0. The van der Waals surface area contributed by atoms with Crippen LogP contribution in [0.25, 0.3) is 27.8 Å². The van der Waals surface area contributed by atoms with Gasteiger partial charge < -0.3 is 16.0 Å². The molecule has 1 atom stereocenters. The van der Waals surface area contributed by atoms with Crippen LogP contribution in [-0.2, 0) is 0 Å². The molecule has 0 spiro atoms. The minimum atomic E-state index is -0.610. The van der Waals surface area contributed by atoms with Gasteiger partial charge in [-0.3, -0.25) is 9.36 Å². The van der Waals surface area contributed by atoms with Crippen LogP contribution in [0.1, 0.15) is 30.8 Å². The van der Waals surface area contributed by atoms with E-state index in [-0.39, 0.29) is 16.9 Å². The number of rotatable bonds is 5. The molecule has 4 N–H and O–H groups in total. The van der Waals surface area contributed by atoms with Gasteiger partial charge in [-0.15, -0.1) is 0 Å². The lowest BCUT2D eigenvalue weighted by Crippen LogP contribution is -2.29. The van der Waals surface area contributed by atoms with Crippen molar-refractivity contribution in [1.29, 1.82) is 0 Å². The second-order valence-corrected chi connectivity index (χ2v) is 7.67. The Balaban J connectivity index is 1.77. The fourth-order valence-corrected chi connectivity index (χ4v) is 3.96. The monoisotopic (exact) mass is 444 g/mol. The highest BCUT2D eigenvalue weighted by atomic mass is 19.1. The number of H-pyrrole nitrogens is 1. The molecule has 10 heteroatoms. The van der Waals surface area contributed by atoms with Gasteiger partial charge in [-0.25, -0.2) is 14.4 Å². The number of hydrogen-bond acceptors (Lipinski definition) is 7. The summed E-state index contributed by atoms with van der Waals surface area (Å²) in [5.41, 5.74) is 8.17. The first-order valence-electron chi connectivity index (χ1n) is 10.5.